The van der Waals surface area contributed by atoms with E-state index in [0.717, 1.165) is 0 Å². The van der Waals surface area contributed by atoms with Gasteiger partial charge in [-0.2, -0.15) is 22.0 Å². The first-order valence-corrected chi connectivity index (χ1v) is 7.39. The van der Waals surface area contributed by atoms with Crippen molar-refractivity contribution in [1.82, 2.24) is 0 Å². The fourth-order valence-electron chi connectivity index (χ4n) is 3.21. The summed E-state index contributed by atoms with van der Waals surface area (Å²) in [4.78, 5) is 10.8. The van der Waals surface area contributed by atoms with E-state index in [9.17, 15) is 35.5 Å². The molecule has 23 heavy (non-hydrogen) atoms. The first-order valence-electron chi connectivity index (χ1n) is 6.58. The van der Waals surface area contributed by atoms with Crippen molar-refractivity contribution in [1.29, 1.82) is 0 Å². The molecular weight excluding hydrogens is 353 g/mol. The first kappa shape index (κ1) is 16.7. The molecule has 2 nitrogen and oxygen atoms in total. The van der Waals surface area contributed by atoms with Crippen LogP contribution in [0.2, 0.25) is 0 Å². The van der Waals surface area contributed by atoms with Gasteiger partial charge in [0.05, 0.1) is 5.92 Å². The van der Waals surface area contributed by atoms with Crippen LogP contribution in [0.25, 0.3) is 0 Å². The van der Waals surface area contributed by atoms with E-state index in [4.69, 9.17) is 4.74 Å². The smallest absolute Gasteiger partial charge is 0.450 e. The molecule has 0 unspecified atom stereocenters. The van der Waals surface area contributed by atoms with Crippen LogP contribution < -0.4 is 0 Å². The van der Waals surface area contributed by atoms with E-state index >= 15 is 0 Å². The van der Waals surface area contributed by atoms with Gasteiger partial charge in [0.1, 0.15) is 11.0 Å². The van der Waals surface area contributed by atoms with Crippen LogP contribution in [0.15, 0.2) is 22.8 Å². The molecule has 0 aromatic heterocycles. The Morgan fingerprint density at radius 3 is 2.30 bits per heavy atom. The predicted molar refractivity (Wildman–Crippen MR) is 65.7 cm³/mol. The van der Waals surface area contributed by atoms with E-state index in [2.05, 4.69) is 0 Å². The van der Waals surface area contributed by atoms with E-state index in [-0.39, 0.29) is 0 Å². The van der Waals surface area contributed by atoms with Gasteiger partial charge in [-0.3, -0.25) is 4.79 Å². The van der Waals surface area contributed by atoms with Crippen LogP contribution in [0.4, 0.5) is 30.7 Å². The van der Waals surface area contributed by atoms with Gasteiger partial charge in [-0.15, -0.1) is 0 Å². The molecule has 1 aliphatic heterocycles. The van der Waals surface area contributed by atoms with E-state index in [0.29, 0.717) is 6.42 Å². The average Bonchev–Trinajstić information content (AvgIpc) is 3.01. The van der Waals surface area contributed by atoms with Crippen molar-refractivity contribution in [3.63, 3.8) is 0 Å². The topological polar surface area (TPSA) is 26.3 Å². The zero-order chi connectivity index (χ0) is 17.2. The Hall–Kier alpha value is -1.19. The molecule has 1 saturated carbocycles. The van der Waals surface area contributed by atoms with E-state index < -0.39 is 69.9 Å². The highest BCUT2D eigenvalue weighted by molar-refractivity contribution is 8.05. The molecule has 1 fully saturated rings. The Bertz CT molecular complexity index is 596. The van der Waals surface area contributed by atoms with Gasteiger partial charge in [0.2, 0.25) is 5.76 Å². The molecule has 2 aliphatic carbocycles. The minimum atomic E-state index is -5.22. The van der Waals surface area contributed by atoms with Crippen LogP contribution in [-0.4, -0.2) is 29.7 Å². The minimum Gasteiger partial charge on any atom is -0.483 e. The Labute approximate surface area is 129 Å². The summed E-state index contributed by atoms with van der Waals surface area (Å²) in [5.74, 6) is -4.95. The van der Waals surface area contributed by atoms with Gasteiger partial charge in [0, 0.05) is 5.92 Å². The fraction of sp³-hybridized carbons (Fsp3) is 0.615. The maximum atomic E-state index is 13.2. The highest BCUT2D eigenvalue weighted by Gasteiger charge is 2.59. The van der Waals surface area contributed by atoms with Crippen molar-refractivity contribution in [3.8, 4) is 0 Å². The van der Waals surface area contributed by atoms with Crippen molar-refractivity contribution < 1.29 is 40.3 Å². The summed E-state index contributed by atoms with van der Waals surface area (Å²) in [6.07, 6.45) is -6.88. The van der Waals surface area contributed by atoms with Crippen molar-refractivity contribution in [2.75, 3.05) is 0 Å². The Balaban J connectivity index is 2.01. The number of allylic oxidation sites excluding steroid dienone is 3. The number of alkyl halides is 7. The van der Waals surface area contributed by atoms with Gasteiger partial charge in [-0.1, -0.05) is 12.2 Å². The number of thioether (sulfide) groups is 1. The molecule has 0 N–H and O–H groups in total. The molecule has 0 saturated heterocycles. The lowest BCUT2D eigenvalue weighted by Crippen LogP contribution is -2.42. The van der Waals surface area contributed by atoms with Gasteiger partial charge >= 0.3 is 17.9 Å². The Morgan fingerprint density at radius 2 is 1.74 bits per heavy atom. The zero-order valence-electron chi connectivity index (χ0n) is 11.1. The molecule has 3 rings (SSSR count). The third-order valence-electron chi connectivity index (χ3n) is 4.12. The van der Waals surface area contributed by atoms with Crippen LogP contribution in [0, 0.1) is 17.8 Å². The molecule has 0 aromatic rings. The van der Waals surface area contributed by atoms with Crippen molar-refractivity contribution >= 4 is 17.5 Å². The lowest BCUT2D eigenvalue weighted by Gasteiger charge is -2.35. The van der Waals surface area contributed by atoms with Crippen LogP contribution in [-0.2, 0) is 9.53 Å². The van der Waals surface area contributed by atoms with Gasteiger partial charge in [-0.25, -0.2) is 8.78 Å². The molecule has 3 aliphatic rings. The summed E-state index contributed by atoms with van der Waals surface area (Å²) >= 11 is -1.07. The predicted octanol–water partition coefficient (Wildman–Crippen LogP) is 4.14. The number of ether oxygens (including phenoxy) is 1. The third kappa shape index (κ3) is 2.64. The SMILES string of the molecule is O=C1C(SC(F)(F)C(F)F)=C(C(F)(F)F)O[C@H]2[C@@H]1[C@H]1C=C[C@H]2C1. The number of fused-ring (bicyclic) bond motifs is 5. The number of hydrogen-bond acceptors (Lipinski definition) is 3. The number of carbonyl (C=O) groups is 1. The second kappa shape index (κ2) is 5.15. The zero-order valence-corrected chi connectivity index (χ0v) is 11.9. The lowest BCUT2D eigenvalue weighted by atomic mass is 9.85. The average molecular weight is 362 g/mol. The number of halogens is 7. The van der Waals surface area contributed by atoms with Crippen molar-refractivity contribution in [3.05, 3.63) is 22.8 Å². The van der Waals surface area contributed by atoms with Gasteiger partial charge < -0.3 is 4.74 Å². The summed E-state index contributed by atoms with van der Waals surface area (Å²) in [6, 6.07) is 0. The fourth-order valence-corrected chi connectivity index (χ4v) is 4.06. The molecule has 0 amide bonds. The summed E-state index contributed by atoms with van der Waals surface area (Å²) in [5.41, 5.74) is 0. The summed E-state index contributed by atoms with van der Waals surface area (Å²) in [6.45, 7) is 0. The molecule has 1 heterocycles. The van der Waals surface area contributed by atoms with E-state index in [1.807, 2.05) is 0 Å². The molecule has 0 radical (unpaired) electrons. The van der Waals surface area contributed by atoms with Gasteiger partial charge in [-0.05, 0) is 24.1 Å². The Kier molecular flexibility index (Phi) is 3.73. The van der Waals surface area contributed by atoms with Crippen LogP contribution in [0.5, 0.6) is 0 Å². The summed E-state index contributed by atoms with van der Waals surface area (Å²) in [5, 5.41) is -4.81. The van der Waals surface area contributed by atoms with Crippen molar-refractivity contribution in [2.45, 2.75) is 30.4 Å². The normalized spacial score (nSPS) is 33.5. The summed E-state index contributed by atoms with van der Waals surface area (Å²) in [7, 11) is 0. The standard InChI is InChI=1S/C13H9F7O2S/c14-11(15)13(19,20)23-9-7(21)6-4-1-2-5(3-4)8(6)22-10(9)12(16,17)18/h1-2,4-6,8,11H,3H2/t4-,5-,6+,8+/m0/s1. The molecular formula is C13H9F7O2S. The van der Waals surface area contributed by atoms with Gasteiger partial charge in [0.15, 0.2) is 5.78 Å². The monoisotopic (exact) mass is 362 g/mol. The lowest BCUT2D eigenvalue weighted by molar-refractivity contribution is -0.158. The minimum absolute atomic E-state index is 0.384. The number of Topliss-reactive ketones (excluding diaryl/α,β-unsaturated/α-hetero) is 1. The first-order chi connectivity index (χ1) is 10.5. The van der Waals surface area contributed by atoms with E-state index in [1.165, 1.54) is 0 Å². The number of rotatable bonds is 3. The molecule has 2 bridgehead atoms. The summed E-state index contributed by atoms with van der Waals surface area (Å²) < 4.78 is 94.9. The van der Waals surface area contributed by atoms with Crippen LogP contribution in [0.3, 0.4) is 0 Å². The number of carbonyl (C=O) groups excluding carboxylic acids is 1. The van der Waals surface area contributed by atoms with Gasteiger partial charge in [0.25, 0.3) is 0 Å². The largest absolute Gasteiger partial charge is 0.483 e. The number of hydrogen-bond donors (Lipinski definition) is 0. The van der Waals surface area contributed by atoms with Crippen molar-refractivity contribution in [2.24, 2.45) is 17.8 Å². The second-order valence-electron chi connectivity index (χ2n) is 5.54. The highest BCUT2D eigenvalue weighted by atomic mass is 32.2. The van der Waals surface area contributed by atoms with Crippen LogP contribution in [0.1, 0.15) is 6.42 Å². The van der Waals surface area contributed by atoms with E-state index in [1.54, 1.807) is 12.2 Å². The molecule has 0 aromatic carbocycles. The number of ketones is 1. The maximum absolute atomic E-state index is 13.2. The highest BCUT2D eigenvalue weighted by Crippen LogP contribution is 2.55. The molecule has 128 valence electrons. The molecule has 0 spiro atoms. The third-order valence-corrected chi connectivity index (χ3v) is 5.16. The second-order valence-corrected chi connectivity index (χ2v) is 6.70. The van der Waals surface area contributed by atoms with Crippen LogP contribution >= 0.6 is 11.8 Å². The Morgan fingerprint density at radius 1 is 1.13 bits per heavy atom. The molecule has 4 atom stereocenters. The maximum Gasteiger partial charge on any atom is 0.450 e. The quantitative estimate of drug-likeness (QED) is 0.558. The molecule has 10 heteroatoms.